The lowest BCUT2D eigenvalue weighted by Crippen LogP contribution is -2.32. The van der Waals surface area contributed by atoms with Crippen LogP contribution in [-0.2, 0) is 19.6 Å². The number of benzene rings is 1. The van der Waals surface area contributed by atoms with Gasteiger partial charge in [-0.15, -0.1) is 0 Å². The zero-order chi connectivity index (χ0) is 22.3. The molecule has 3 rings (SSSR count). The second-order valence-electron chi connectivity index (χ2n) is 7.38. The van der Waals surface area contributed by atoms with Crippen LogP contribution in [0.25, 0.3) is 11.4 Å². The van der Waals surface area contributed by atoms with E-state index in [4.69, 9.17) is 19.4 Å². The normalized spacial score (nSPS) is 18.9. The number of aromatic nitrogens is 2. The third-order valence-corrected chi connectivity index (χ3v) is 6.60. The Hall–Kier alpha value is -2.43. The standard InChI is InChI=1S/C19H27N3O4S.CH2O2/c1-14(2)26-17-7-5-6-15(10-17)19-20-8-9-22(19)18-12-25-11-16(18)13-27(23,24)21(3)4;2-1-3/h5-10,14,16,18H,11-13H2,1-4H3;1H,(H,2,3)/t16-,18+;/m0./s1. The third-order valence-electron chi connectivity index (χ3n) is 4.64. The molecule has 0 saturated carbocycles. The second kappa shape index (κ2) is 10.6. The van der Waals surface area contributed by atoms with Gasteiger partial charge in [-0.2, -0.15) is 0 Å². The zero-order valence-corrected chi connectivity index (χ0v) is 18.4. The minimum atomic E-state index is -3.30. The van der Waals surface area contributed by atoms with Crippen LogP contribution in [0.4, 0.5) is 0 Å². The quantitative estimate of drug-likeness (QED) is 0.658. The predicted octanol–water partition coefficient (Wildman–Crippen LogP) is 2.12. The molecule has 1 aliphatic rings. The lowest BCUT2D eigenvalue weighted by molar-refractivity contribution is -0.122. The van der Waals surface area contributed by atoms with E-state index in [9.17, 15) is 8.42 Å². The smallest absolute Gasteiger partial charge is 0.290 e. The Labute approximate surface area is 177 Å². The molecule has 2 aromatic rings. The number of nitrogens with zero attached hydrogens (tertiary/aromatic N) is 3. The van der Waals surface area contributed by atoms with Crippen molar-refractivity contribution in [1.82, 2.24) is 13.9 Å². The molecule has 166 valence electrons. The monoisotopic (exact) mass is 439 g/mol. The molecule has 2 atom stereocenters. The fraction of sp³-hybridized carbons (Fsp3) is 0.500. The molecule has 9 nitrogen and oxygen atoms in total. The molecule has 1 aromatic heterocycles. The lowest BCUT2D eigenvalue weighted by Gasteiger charge is -2.22. The van der Waals surface area contributed by atoms with Crippen LogP contribution in [0, 0.1) is 5.92 Å². The fourth-order valence-corrected chi connectivity index (χ4v) is 4.42. The molecule has 0 unspecified atom stereocenters. The first-order chi connectivity index (χ1) is 14.2. The molecule has 30 heavy (non-hydrogen) atoms. The highest BCUT2D eigenvalue weighted by Crippen LogP contribution is 2.32. The Balaban J connectivity index is 0.00000101. The molecule has 0 amide bonds. The maximum absolute atomic E-state index is 12.3. The number of imidazole rings is 1. The SMILES string of the molecule is CC(C)Oc1cccc(-c2nccn2[C@@H]2COC[C@H]2CS(=O)(=O)N(C)C)c1.O=CO. The van der Waals surface area contributed by atoms with Gasteiger partial charge in [-0.25, -0.2) is 17.7 Å². The van der Waals surface area contributed by atoms with Crippen LogP contribution >= 0.6 is 0 Å². The highest BCUT2D eigenvalue weighted by molar-refractivity contribution is 7.89. The maximum Gasteiger partial charge on any atom is 0.290 e. The Bertz CT molecular complexity index is 926. The van der Waals surface area contributed by atoms with Gasteiger partial charge >= 0.3 is 0 Å². The summed E-state index contributed by atoms with van der Waals surface area (Å²) in [6.45, 7) is 4.61. The van der Waals surface area contributed by atoms with Crippen LogP contribution in [0.3, 0.4) is 0 Å². The number of ether oxygens (including phenoxy) is 2. The second-order valence-corrected chi connectivity index (χ2v) is 9.61. The highest BCUT2D eigenvalue weighted by Gasteiger charge is 2.35. The van der Waals surface area contributed by atoms with E-state index in [1.54, 1.807) is 20.3 Å². The van der Waals surface area contributed by atoms with Gasteiger partial charge in [0.25, 0.3) is 6.47 Å². The van der Waals surface area contributed by atoms with Crippen molar-refractivity contribution in [2.24, 2.45) is 5.92 Å². The molecule has 1 aromatic carbocycles. The predicted molar refractivity (Wildman–Crippen MR) is 113 cm³/mol. The lowest BCUT2D eigenvalue weighted by atomic mass is 10.1. The number of sulfonamides is 1. The molecule has 1 N–H and O–H groups in total. The Morgan fingerprint density at radius 3 is 2.70 bits per heavy atom. The summed E-state index contributed by atoms with van der Waals surface area (Å²) in [4.78, 5) is 12.9. The van der Waals surface area contributed by atoms with Gasteiger partial charge in [-0.05, 0) is 26.0 Å². The topological polar surface area (TPSA) is 111 Å². The van der Waals surface area contributed by atoms with E-state index in [0.29, 0.717) is 13.2 Å². The van der Waals surface area contributed by atoms with Gasteiger partial charge in [-0.3, -0.25) is 4.79 Å². The van der Waals surface area contributed by atoms with Gasteiger partial charge in [0.2, 0.25) is 10.0 Å². The van der Waals surface area contributed by atoms with E-state index in [1.807, 2.05) is 48.9 Å². The summed E-state index contributed by atoms with van der Waals surface area (Å²) in [5.41, 5.74) is 0.930. The molecule has 0 spiro atoms. The first-order valence-corrected chi connectivity index (χ1v) is 11.2. The van der Waals surface area contributed by atoms with E-state index >= 15 is 0 Å². The first-order valence-electron chi connectivity index (χ1n) is 9.55. The summed E-state index contributed by atoms with van der Waals surface area (Å²) in [5, 5.41) is 6.89. The minimum absolute atomic E-state index is 0.0544. The van der Waals surface area contributed by atoms with Crippen molar-refractivity contribution in [3.8, 4) is 17.1 Å². The summed E-state index contributed by atoms with van der Waals surface area (Å²) < 4.78 is 39.4. The van der Waals surface area contributed by atoms with Gasteiger partial charge in [0.15, 0.2) is 0 Å². The number of rotatable bonds is 7. The molecule has 10 heteroatoms. The van der Waals surface area contributed by atoms with Crippen LogP contribution < -0.4 is 4.74 Å². The molecule has 1 aliphatic heterocycles. The van der Waals surface area contributed by atoms with E-state index < -0.39 is 10.0 Å². The molecule has 0 bridgehead atoms. The molecule has 1 fully saturated rings. The van der Waals surface area contributed by atoms with Crippen molar-refractivity contribution in [2.45, 2.75) is 26.0 Å². The van der Waals surface area contributed by atoms with Crippen LogP contribution in [0.1, 0.15) is 19.9 Å². The number of hydrogen-bond donors (Lipinski definition) is 1. The van der Waals surface area contributed by atoms with Crippen LogP contribution in [0.5, 0.6) is 5.75 Å². The number of hydrogen-bond acceptors (Lipinski definition) is 6. The van der Waals surface area contributed by atoms with Gasteiger partial charge in [0, 0.05) is 38.0 Å². The highest BCUT2D eigenvalue weighted by atomic mass is 32.2. The molecular weight excluding hydrogens is 410 g/mol. The van der Waals surface area contributed by atoms with Crippen molar-refractivity contribution in [3.05, 3.63) is 36.7 Å². The average Bonchev–Trinajstić information content (AvgIpc) is 3.30. The first kappa shape index (κ1) is 23.8. The summed E-state index contributed by atoms with van der Waals surface area (Å²) in [6.07, 6.45) is 3.71. The molecule has 2 heterocycles. The van der Waals surface area contributed by atoms with Crippen molar-refractivity contribution in [1.29, 1.82) is 0 Å². The van der Waals surface area contributed by atoms with Crippen LogP contribution in [0.2, 0.25) is 0 Å². The van der Waals surface area contributed by atoms with Crippen molar-refractivity contribution < 1.29 is 27.8 Å². The molecular formula is C20H29N3O6S. The van der Waals surface area contributed by atoms with E-state index in [2.05, 4.69) is 4.98 Å². The van der Waals surface area contributed by atoms with Gasteiger partial charge in [0.05, 0.1) is 31.1 Å². The van der Waals surface area contributed by atoms with Crippen LogP contribution in [0.15, 0.2) is 36.7 Å². The van der Waals surface area contributed by atoms with Crippen molar-refractivity contribution >= 4 is 16.5 Å². The zero-order valence-electron chi connectivity index (χ0n) is 17.6. The molecule has 1 saturated heterocycles. The summed E-state index contributed by atoms with van der Waals surface area (Å²) in [6, 6.07) is 7.72. The van der Waals surface area contributed by atoms with E-state index in [1.165, 1.54) is 4.31 Å². The number of carboxylic acid groups (broad SMARTS) is 1. The van der Waals surface area contributed by atoms with E-state index in [-0.39, 0.29) is 30.3 Å². The molecule has 0 radical (unpaired) electrons. The third kappa shape index (κ3) is 6.04. The molecule has 0 aliphatic carbocycles. The van der Waals surface area contributed by atoms with Crippen molar-refractivity contribution in [2.75, 3.05) is 33.1 Å². The van der Waals surface area contributed by atoms with Gasteiger partial charge in [-0.1, -0.05) is 12.1 Å². The fourth-order valence-electron chi connectivity index (χ4n) is 3.26. The van der Waals surface area contributed by atoms with E-state index in [0.717, 1.165) is 17.1 Å². The Morgan fingerprint density at radius 1 is 1.37 bits per heavy atom. The summed E-state index contributed by atoms with van der Waals surface area (Å²) >= 11 is 0. The largest absolute Gasteiger partial charge is 0.491 e. The van der Waals surface area contributed by atoms with Gasteiger partial charge < -0.3 is 19.1 Å². The average molecular weight is 440 g/mol. The summed E-state index contributed by atoms with van der Waals surface area (Å²) in [7, 11) is -0.187. The minimum Gasteiger partial charge on any atom is -0.491 e. The number of carbonyl (C=O) groups is 1. The maximum atomic E-state index is 12.3. The Kier molecular flexibility index (Phi) is 8.39. The van der Waals surface area contributed by atoms with Gasteiger partial charge in [0.1, 0.15) is 11.6 Å². The summed E-state index contributed by atoms with van der Waals surface area (Å²) in [5.74, 6) is 1.50. The van der Waals surface area contributed by atoms with Crippen LogP contribution in [-0.4, -0.2) is 73.0 Å². The van der Waals surface area contributed by atoms with Crippen molar-refractivity contribution in [3.63, 3.8) is 0 Å². The Morgan fingerprint density at radius 2 is 2.07 bits per heavy atom.